The standard InChI is InChI=1S/C51H68O4/c1-10-33-13-15-44-40(18-33)24-37(36-14-12-34(19-36)16-30(3)4)25-41(44)20-35-21-45(48(53)29-51(32(6)52)28-42(51)11-2)46(22-35)49(54)47(50(7,8)9)17-31(5)55-43-26-38-23-39(38)27-43/h13-15,18-19,24-25,30,35,38-39,42-43,45-47H,5,10-12,16-17,20-23,26-29H2,1-4,6-9H3. The van der Waals surface area contributed by atoms with E-state index < -0.39 is 5.41 Å². The van der Waals surface area contributed by atoms with Crippen LogP contribution in [0.5, 0.6) is 0 Å². The number of Topliss-reactive ketones (excluding diaryl/α,β-unsaturated/α-hetero) is 3. The summed E-state index contributed by atoms with van der Waals surface area (Å²) in [6.45, 7) is 21.4. The summed E-state index contributed by atoms with van der Waals surface area (Å²) in [7, 11) is 0. The number of carbonyl (C=O) groups excluding carboxylic acids is 3. The molecule has 0 amide bonds. The zero-order valence-electron chi connectivity index (χ0n) is 35.3. The first-order valence-corrected chi connectivity index (χ1v) is 22.0. The smallest absolute Gasteiger partial charge is 0.140 e. The predicted octanol–water partition coefficient (Wildman–Crippen LogP) is 12.3. The van der Waals surface area contributed by atoms with Gasteiger partial charge in [-0.05, 0) is 145 Å². The Bertz CT molecular complexity index is 1890. The van der Waals surface area contributed by atoms with Crippen LogP contribution in [0.3, 0.4) is 0 Å². The lowest BCUT2D eigenvalue weighted by atomic mass is 9.70. The summed E-state index contributed by atoms with van der Waals surface area (Å²) in [5.74, 6) is 2.88. The minimum Gasteiger partial charge on any atom is -0.495 e. The third kappa shape index (κ3) is 8.55. The zero-order chi connectivity index (χ0) is 39.4. The van der Waals surface area contributed by atoms with Crippen molar-refractivity contribution in [1.82, 2.24) is 0 Å². The Hall–Kier alpha value is -3.27. The third-order valence-corrected chi connectivity index (χ3v) is 14.7. The molecule has 0 spiro atoms. The first-order chi connectivity index (χ1) is 26.1. The van der Waals surface area contributed by atoms with Crippen LogP contribution in [0.2, 0.25) is 0 Å². The van der Waals surface area contributed by atoms with Gasteiger partial charge in [-0.25, -0.2) is 0 Å². The van der Waals surface area contributed by atoms with E-state index in [1.165, 1.54) is 45.0 Å². The van der Waals surface area contributed by atoms with Crippen molar-refractivity contribution in [2.45, 2.75) is 145 Å². The fourth-order valence-corrected chi connectivity index (χ4v) is 11.3. The molecule has 0 N–H and O–H groups in total. The zero-order valence-corrected chi connectivity index (χ0v) is 35.3. The molecule has 0 heterocycles. The molecule has 4 saturated carbocycles. The van der Waals surface area contributed by atoms with E-state index in [4.69, 9.17) is 4.74 Å². The van der Waals surface area contributed by atoms with Crippen LogP contribution in [0.15, 0.2) is 60.4 Å². The Kier molecular flexibility index (Phi) is 11.3. The van der Waals surface area contributed by atoms with E-state index in [1.54, 1.807) is 6.92 Å². The van der Waals surface area contributed by atoms with E-state index in [9.17, 15) is 9.59 Å². The number of aryl methyl sites for hydroxylation is 1. The highest BCUT2D eigenvalue weighted by Crippen LogP contribution is 2.59. The molecule has 5 aliphatic rings. The van der Waals surface area contributed by atoms with E-state index in [2.05, 4.69) is 97.5 Å². The first kappa shape index (κ1) is 39.9. The number of allylic oxidation sites excluding steroid dienone is 5. The molecule has 8 atom stereocenters. The van der Waals surface area contributed by atoms with Crippen LogP contribution in [-0.2, 0) is 32.0 Å². The van der Waals surface area contributed by atoms with Gasteiger partial charge < -0.3 is 4.74 Å². The van der Waals surface area contributed by atoms with E-state index in [-0.39, 0.29) is 64.9 Å². The normalized spacial score (nSPS) is 30.2. The number of rotatable bonds is 17. The molecule has 0 radical (unpaired) electrons. The van der Waals surface area contributed by atoms with Gasteiger partial charge in [0, 0.05) is 36.0 Å². The topological polar surface area (TPSA) is 60.4 Å². The maximum atomic E-state index is 15.1. The quantitative estimate of drug-likeness (QED) is 0.151. The van der Waals surface area contributed by atoms with Crippen molar-refractivity contribution in [3.63, 3.8) is 0 Å². The lowest BCUT2D eigenvalue weighted by molar-refractivity contribution is -0.137. The molecule has 0 bridgehead atoms. The van der Waals surface area contributed by atoms with Gasteiger partial charge in [-0.1, -0.05) is 103 Å². The van der Waals surface area contributed by atoms with Crippen molar-refractivity contribution in [2.24, 2.45) is 58.2 Å². The molecule has 4 heteroatoms. The minimum absolute atomic E-state index is 0.130. The van der Waals surface area contributed by atoms with Crippen LogP contribution in [0, 0.1) is 58.2 Å². The number of ketones is 3. The van der Waals surface area contributed by atoms with Gasteiger partial charge in [0.2, 0.25) is 0 Å². The molecule has 296 valence electrons. The van der Waals surface area contributed by atoms with Crippen LogP contribution < -0.4 is 0 Å². The molecule has 0 aliphatic heterocycles. The number of carbonyl (C=O) groups is 3. The summed E-state index contributed by atoms with van der Waals surface area (Å²) in [5, 5.41) is 2.54. The van der Waals surface area contributed by atoms with Crippen LogP contribution in [0.25, 0.3) is 16.3 Å². The number of hydrogen-bond acceptors (Lipinski definition) is 4. The van der Waals surface area contributed by atoms with Gasteiger partial charge in [0.25, 0.3) is 0 Å². The monoisotopic (exact) mass is 745 g/mol. The van der Waals surface area contributed by atoms with Crippen LogP contribution in [0.4, 0.5) is 0 Å². The molecular weight excluding hydrogens is 677 g/mol. The van der Waals surface area contributed by atoms with Crippen molar-refractivity contribution >= 4 is 33.7 Å². The van der Waals surface area contributed by atoms with Gasteiger partial charge in [-0.2, -0.15) is 0 Å². The van der Waals surface area contributed by atoms with Crippen LogP contribution in [0.1, 0.15) is 143 Å². The summed E-state index contributed by atoms with van der Waals surface area (Å²) in [4.78, 5) is 42.7. The van der Waals surface area contributed by atoms with Gasteiger partial charge in [-0.3, -0.25) is 14.4 Å². The second-order valence-electron chi connectivity index (χ2n) is 20.3. The summed E-state index contributed by atoms with van der Waals surface area (Å²) >= 11 is 0. The predicted molar refractivity (Wildman–Crippen MR) is 225 cm³/mol. The Balaban J connectivity index is 1.18. The number of hydrogen-bond donors (Lipinski definition) is 0. The van der Waals surface area contributed by atoms with Crippen molar-refractivity contribution < 1.29 is 19.1 Å². The fourth-order valence-electron chi connectivity index (χ4n) is 11.3. The molecule has 2 aromatic rings. The second kappa shape index (κ2) is 15.6. The van der Waals surface area contributed by atoms with Gasteiger partial charge in [-0.15, -0.1) is 0 Å². The van der Waals surface area contributed by atoms with E-state index in [0.29, 0.717) is 25.2 Å². The highest BCUT2D eigenvalue weighted by atomic mass is 16.5. The molecule has 2 aromatic carbocycles. The molecule has 5 aliphatic carbocycles. The average molecular weight is 745 g/mol. The molecule has 7 rings (SSSR count). The number of fused-ring (bicyclic) bond motifs is 2. The lowest BCUT2D eigenvalue weighted by Gasteiger charge is -2.34. The SMILES string of the molecule is C=C(CC(C(=O)C1CC(Cc2cc(C3=CCC(CC(C)C)=C3)cc3cc(CC)ccc23)CC1C(=O)CC1(C(C)=O)CC1CC)C(C)(C)C)OC1CC2CC2C1. The molecule has 0 saturated heterocycles. The summed E-state index contributed by atoms with van der Waals surface area (Å²) in [5.41, 5.74) is 5.86. The minimum atomic E-state index is -0.538. The van der Waals surface area contributed by atoms with Crippen molar-refractivity contribution in [2.75, 3.05) is 0 Å². The van der Waals surface area contributed by atoms with Crippen LogP contribution in [-0.4, -0.2) is 23.5 Å². The largest absolute Gasteiger partial charge is 0.495 e. The van der Waals surface area contributed by atoms with E-state index in [0.717, 1.165) is 69.0 Å². The molecule has 0 aromatic heterocycles. The number of benzene rings is 2. The van der Waals surface area contributed by atoms with Gasteiger partial charge in [0.15, 0.2) is 0 Å². The highest BCUT2D eigenvalue weighted by molar-refractivity contribution is 5.97. The Labute approximate surface area is 332 Å². The van der Waals surface area contributed by atoms with Crippen molar-refractivity contribution in [3.05, 3.63) is 77.1 Å². The second-order valence-corrected chi connectivity index (χ2v) is 20.3. The van der Waals surface area contributed by atoms with E-state index in [1.807, 2.05) is 0 Å². The molecular formula is C51H68O4. The molecule has 55 heavy (non-hydrogen) atoms. The van der Waals surface area contributed by atoms with Gasteiger partial charge >= 0.3 is 0 Å². The molecule has 4 nitrogen and oxygen atoms in total. The van der Waals surface area contributed by atoms with Crippen LogP contribution >= 0.6 is 0 Å². The Morgan fingerprint density at radius 3 is 2.33 bits per heavy atom. The Morgan fingerprint density at radius 1 is 0.964 bits per heavy atom. The maximum absolute atomic E-state index is 15.1. The fraction of sp³-hybridized carbons (Fsp3) is 0.627. The Morgan fingerprint density at radius 2 is 1.69 bits per heavy atom. The van der Waals surface area contributed by atoms with Crippen molar-refractivity contribution in [1.29, 1.82) is 0 Å². The summed E-state index contributed by atoms with van der Waals surface area (Å²) in [6.07, 6.45) is 16.4. The summed E-state index contributed by atoms with van der Waals surface area (Å²) in [6, 6.07) is 11.7. The number of ether oxygens (including phenoxy) is 1. The van der Waals surface area contributed by atoms with E-state index >= 15 is 4.79 Å². The van der Waals surface area contributed by atoms with Gasteiger partial charge in [0.1, 0.15) is 17.3 Å². The lowest BCUT2D eigenvalue weighted by Crippen LogP contribution is -2.38. The third-order valence-electron chi connectivity index (χ3n) is 14.7. The van der Waals surface area contributed by atoms with Crippen molar-refractivity contribution in [3.8, 4) is 0 Å². The molecule has 4 fully saturated rings. The highest BCUT2D eigenvalue weighted by Gasteiger charge is 2.59. The average Bonchev–Trinajstić information content (AvgIpc) is 3.79. The first-order valence-electron chi connectivity index (χ1n) is 22.0. The maximum Gasteiger partial charge on any atom is 0.140 e. The molecule has 8 unspecified atom stereocenters. The summed E-state index contributed by atoms with van der Waals surface area (Å²) < 4.78 is 6.43. The van der Waals surface area contributed by atoms with Gasteiger partial charge in [0.05, 0.1) is 11.9 Å².